The molecule has 0 bridgehead atoms. The van der Waals surface area contributed by atoms with Crippen LogP contribution in [0.4, 0.5) is 11.6 Å². The van der Waals surface area contributed by atoms with E-state index >= 15 is 0 Å². The summed E-state index contributed by atoms with van der Waals surface area (Å²) in [4.78, 5) is 16.9. The number of fused-ring (bicyclic) bond motifs is 2. The Morgan fingerprint density at radius 2 is 1.82 bits per heavy atom. The van der Waals surface area contributed by atoms with E-state index in [0.717, 1.165) is 76.9 Å². The lowest BCUT2D eigenvalue weighted by molar-refractivity contribution is 0.495. The van der Waals surface area contributed by atoms with Crippen molar-refractivity contribution in [2.45, 2.75) is 39.2 Å². The van der Waals surface area contributed by atoms with E-state index in [0.29, 0.717) is 17.9 Å². The van der Waals surface area contributed by atoms with Crippen molar-refractivity contribution in [1.29, 1.82) is 0 Å². The molecule has 34 heavy (non-hydrogen) atoms. The number of nitrogens with one attached hydrogen (secondary N) is 1. The van der Waals surface area contributed by atoms with Gasteiger partial charge in [0.05, 0.1) is 22.5 Å². The minimum absolute atomic E-state index is 0.0140. The number of anilines is 2. The molecule has 0 amide bonds. The highest BCUT2D eigenvalue weighted by Gasteiger charge is 2.29. The molecule has 3 aromatic heterocycles. The second kappa shape index (κ2) is 8.07. The lowest BCUT2D eigenvalue weighted by Crippen LogP contribution is -2.24. The first-order chi connectivity index (χ1) is 16.3. The zero-order valence-electron chi connectivity index (χ0n) is 19.4. The van der Waals surface area contributed by atoms with Gasteiger partial charge in [-0.1, -0.05) is 6.07 Å². The van der Waals surface area contributed by atoms with E-state index < -0.39 is 10.6 Å². The Labute approximate surface area is 199 Å². The van der Waals surface area contributed by atoms with Crippen LogP contribution in [0.5, 0.6) is 0 Å². The third-order valence-corrected chi connectivity index (χ3v) is 8.52. The Hall–Kier alpha value is -2.95. The molecule has 2 aliphatic heterocycles. The normalized spacial score (nSPS) is 20.9. The molecule has 0 spiro atoms. The minimum Gasteiger partial charge on any atom is -0.365 e. The summed E-state index contributed by atoms with van der Waals surface area (Å²) < 4.78 is 22.0. The molecule has 3 N–H and O–H groups in total. The van der Waals surface area contributed by atoms with E-state index in [2.05, 4.69) is 10.2 Å². The zero-order chi connectivity index (χ0) is 23.4. The molecule has 0 saturated carbocycles. The Bertz CT molecular complexity index is 1400. The quantitative estimate of drug-likeness (QED) is 0.393. The van der Waals surface area contributed by atoms with E-state index in [1.807, 2.05) is 44.2 Å². The molecule has 2 saturated heterocycles. The third-order valence-electron chi connectivity index (χ3n) is 6.69. The third kappa shape index (κ3) is 3.95. The standard InChI is InChI=1S/C24H29N7O2S/c1-15-5-6-18-19(11-15)27-24(16(2)25-18)20-12-22-28-21(30-8-3-4-9-30)13-23(31(22)29-20)26-17-7-10-34(32,33)14-17/h5-6,11-13,17,26,32-33H,3-4,7-10,14H2,1-2H3/t17-/m1/s1. The van der Waals surface area contributed by atoms with Gasteiger partial charge in [-0.05, 0) is 50.8 Å². The average Bonchev–Trinajstić information content (AvgIpc) is 3.53. The Kier molecular flexibility index (Phi) is 5.12. The highest BCUT2D eigenvalue weighted by molar-refractivity contribution is 8.24. The molecule has 0 aliphatic carbocycles. The van der Waals surface area contributed by atoms with Crippen LogP contribution in [0.25, 0.3) is 28.1 Å². The summed E-state index contributed by atoms with van der Waals surface area (Å²) >= 11 is 0. The molecule has 9 nitrogen and oxygen atoms in total. The maximum absolute atomic E-state index is 10.1. The Morgan fingerprint density at radius 1 is 1.00 bits per heavy atom. The molecule has 2 aliphatic rings. The molecule has 2 fully saturated rings. The maximum Gasteiger partial charge on any atom is 0.160 e. The SMILES string of the molecule is Cc1ccc2nc(C)c(-c3cc4nc(N5CCCC5)cc(N[C@@H]5CCS(O)(O)C5)n4n3)nc2c1. The van der Waals surface area contributed by atoms with Crippen molar-refractivity contribution in [3.8, 4) is 11.4 Å². The first-order valence-corrected chi connectivity index (χ1v) is 13.6. The second-order valence-corrected chi connectivity index (χ2v) is 11.8. The van der Waals surface area contributed by atoms with Gasteiger partial charge in [0.15, 0.2) is 5.65 Å². The smallest absolute Gasteiger partial charge is 0.160 e. The van der Waals surface area contributed by atoms with Gasteiger partial charge in [0, 0.05) is 37.0 Å². The molecular weight excluding hydrogens is 450 g/mol. The topological polar surface area (TPSA) is 112 Å². The molecule has 1 aromatic carbocycles. The molecule has 6 rings (SSSR count). The van der Waals surface area contributed by atoms with Crippen LogP contribution >= 0.6 is 10.6 Å². The fourth-order valence-electron chi connectivity index (χ4n) is 4.93. The fraction of sp³-hybridized carbons (Fsp3) is 0.417. The van der Waals surface area contributed by atoms with Gasteiger partial charge in [-0.25, -0.2) is 15.0 Å². The Balaban J connectivity index is 1.45. The predicted octanol–water partition coefficient (Wildman–Crippen LogP) is 4.49. The summed E-state index contributed by atoms with van der Waals surface area (Å²) in [5.74, 6) is 2.52. The van der Waals surface area contributed by atoms with Crippen LogP contribution in [0, 0.1) is 13.8 Å². The summed E-state index contributed by atoms with van der Waals surface area (Å²) in [6, 6.07) is 10.1. The van der Waals surface area contributed by atoms with Gasteiger partial charge in [0.2, 0.25) is 0 Å². The molecule has 10 heteroatoms. The van der Waals surface area contributed by atoms with Crippen LogP contribution < -0.4 is 10.2 Å². The van der Waals surface area contributed by atoms with Crippen molar-refractivity contribution in [3.63, 3.8) is 0 Å². The molecule has 1 atom stereocenters. The van der Waals surface area contributed by atoms with Crippen molar-refractivity contribution < 1.29 is 9.11 Å². The highest BCUT2D eigenvalue weighted by Crippen LogP contribution is 2.46. The number of rotatable bonds is 4. The summed E-state index contributed by atoms with van der Waals surface area (Å²) in [7, 11) is -2.50. The van der Waals surface area contributed by atoms with E-state index in [-0.39, 0.29) is 6.04 Å². The molecule has 0 unspecified atom stereocenters. The van der Waals surface area contributed by atoms with Crippen molar-refractivity contribution in [2.75, 3.05) is 34.8 Å². The van der Waals surface area contributed by atoms with E-state index in [4.69, 9.17) is 20.1 Å². The van der Waals surface area contributed by atoms with Gasteiger partial charge >= 0.3 is 0 Å². The fourth-order valence-corrected chi connectivity index (χ4v) is 6.65. The van der Waals surface area contributed by atoms with E-state index in [9.17, 15) is 9.11 Å². The van der Waals surface area contributed by atoms with Crippen molar-refractivity contribution >= 4 is 38.9 Å². The molecular formula is C24H29N7O2S. The zero-order valence-corrected chi connectivity index (χ0v) is 20.2. The maximum atomic E-state index is 10.1. The van der Waals surface area contributed by atoms with Crippen LogP contribution in [0.1, 0.15) is 30.5 Å². The number of hydrogen-bond acceptors (Lipinski definition) is 8. The highest BCUT2D eigenvalue weighted by atomic mass is 32.3. The van der Waals surface area contributed by atoms with E-state index in [1.54, 1.807) is 4.52 Å². The molecule has 4 aromatic rings. The minimum atomic E-state index is -2.50. The van der Waals surface area contributed by atoms with Gasteiger partial charge in [0.1, 0.15) is 23.0 Å². The van der Waals surface area contributed by atoms with Gasteiger partial charge in [-0.2, -0.15) is 20.2 Å². The van der Waals surface area contributed by atoms with Gasteiger partial charge in [0.25, 0.3) is 0 Å². The Morgan fingerprint density at radius 3 is 2.59 bits per heavy atom. The number of benzene rings is 1. The first kappa shape index (κ1) is 21.6. The van der Waals surface area contributed by atoms with Crippen LogP contribution in [0.2, 0.25) is 0 Å². The van der Waals surface area contributed by atoms with Crippen LogP contribution in [0.15, 0.2) is 30.3 Å². The number of hydrogen-bond donors (Lipinski definition) is 3. The van der Waals surface area contributed by atoms with Crippen LogP contribution in [0.3, 0.4) is 0 Å². The summed E-state index contributed by atoms with van der Waals surface area (Å²) in [6.07, 6.45) is 3.04. The van der Waals surface area contributed by atoms with Crippen molar-refractivity contribution in [3.05, 3.63) is 41.6 Å². The largest absolute Gasteiger partial charge is 0.365 e. The number of aromatic nitrogens is 5. The number of nitrogens with zero attached hydrogens (tertiary/aromatic N) is 6. The van der Waals surface area contributed by atoms with Crippen LogP contribution in [-0.4, -0.2) is 64.3 Å². The van der Waals surface area contributed by atoms with Crippen molar-refractivity contribution in [2.24, 2.45) is 0 Å². The van der Waals surface area contributed by atoms with Gasteiger partial charge in [-0.3, -0.25) is 9.11 Å². The summed E-state index contributed by atoms with van der Waals surface area (Å²) in [5, 5.41) is 8.39. The second-order valence-electron chi connectivity index (χ2n) is 9.45. The van der Waals surface area contributed by atoms with Crippen LogP contribution in [-0.2, 0) is 0 Å². The summed E-state index contributed by atoms with van der Waals surface area (Å²) in [6.45, 7) is 5.98. The number of aryl methyl sites for hydroxylation is 2. The van der Waals surface area contributed by atoms with E-state index in [1.165, 1.54) is 0 Å². The van der Waals surface area contributed by atoms with Gasteiger partial charge in [-0.15, -0.1) is 0 Å². The monoisotopic (exact) mass is 479 g/mol. The molecule has 178 valence electrons. The molecule has 0 radical (unpaired) electrons. The lowest BCUT2D eigenvalue weighted by atomic mass is 10.2. The van der Waals surface area contributed by atoms with Gasteiger partial charge < -0.3 is 10.2 Å². The predicted molar refractivity (Wildman–Crippen MR) is 137 cm³/mol. The van der Waals surface area contributed by atoms with Crippen molar-refractivity contribution in [1.82, 2.24) is 24.6 Å². The first-order valence-electron chi connectivity index (χ1n) is 11.8. The summed E-state index contributed by atoms with van der Waals surface area (Å²) in [5.41, 5.74) is 5.87. The lowest BCUT2D eigenvalue weighted by Gasteiger charge is -2.26. The average molecular weight is 480 g/mol. The molecule has 5 heterocycles.